The lowest BCUT2D eigenvalue weighted by Gasteiger charge is -2.51. The number of rotatable bonds is 7. The average Bonchev–Trinajstić information content (AvgIpc) is 2.79. The number of benzene rings is 1. The molecule has 37 heavy (non-hydrogen) atoms. The highest BCUT2D eigenvalue weighted by atomic mass is 19.3. The van der Waals surface area contributed by atoms with Crippen molar-refractivity contribution in [2.45, 2.75) is 37.5 Å². The molecular weight excluding hydrogens is 494 g/mol. The number of halogens is 2. The number of carbonyl (C=O) groups is 2. The van der Waals surface area contributed by atoms with Crippen molar-refractivity contribution < 1.29 is 43.6 Å². The Morgan fingerprint density at radius 3 is 2.59 bits per heavy atom. The van der Waals surface area contributed by atoms with Crippen LogP contribution in [0, 0.1) is 17.2 Å². The summed E-state index contributed by atoms with van der Waals surface area (Å²) in [5.41, 5.74) is 4.38. The number of phenolic OH excluding ortho intramolecular Hbond substituents is 1. The minimum absolute atomic E-state index is 0.0206. The number of amides is 1. The van der Waals surface area contributed by atoms with Crippen molar-refractivity contribution in [2.24, 2.45) is 17.6 Å². The van der Waals surface area contributed by atoms with Crippen molar-refractivity contribution in [2.75, 3.05) is 20.7 Å². The van der Waals surface area contributed by atoms with Crippen LogP contribution in [-0.2, 0) is 27.4 Å². The Kier molecular flexibility index (Phi) is 6.84. The van der Waals surface area contributed by atoms with Crippen LogP contribution in [0.1, 0.15) is 23.1 Å². The third-order valence-electron chi connectivity index (χ3n) is 7.33. The number of hydrogen-bond donors (Lipinski definition) is 7. The van der Waals surface area contributed by atoms with Crippen LogP contribution in [0.4, 0.5) is 8.78 Å². The van der Waals surface area contributed by atoms with Crippen LogP contribution in [0.5, 0.6) is 5.75 Å². The Bertz CT molecular complexity index is 1250. The standard InChI is InChI=1S/C24H28F2N4O7/c1-30(2)18-12-6-10-5-11-9(7-29-37-8-14(25)26)3-4-13(31)16(11)19(32)15(10)22(34)24(12,36)21(27)17(20(18)33)23(28)35/h3-4,10,12,14,18,27,29,31-33,36H,5-8H2,1-2H3,(H2,28,35)/t10-,12-,18+,24+/m0/s1. The molecule has 0 radical (unpaired) electrons. The first-order valence-corrected chi connectivity index (χ1v) is 11.5. The molecule has 0 bridgehead atoms. The first-order chi connectivity index (χ1) is 17.3. The Hall–Kier alpha value is -3.39. The minimum atomic E-state index is -2.68. The number of hydroxylamine groups is 1. The Labute approximate surface area is 210 Å². The van der Waals surface area contributed by atoms with Gasteiger partial charge in [0.1, 0.15) is 29.4 Å². The van der Waals surface area contributed by atoms with Crippen LogP contribution in [-0.4, -0.2) is 81.5 Å². The Balaban J connectivity index is 1.81. The topological polar surface area (TPSA) is 189 Å². The molecule has 0 saturated heterocycles. The van der Waals surface area contributed by atoms with Gasteiger partial charge in [-0.2, -0.15) is 5.48 Å². The molecule has 3 aliphatic rings. The fraction of sp³-hybridized carbons (Fsp3) is 0.458. The molecule has 1 amide bonds. The highest BCUT2D eigenvalue weighted by Gasteiger charge is 2.63. The zero-order valence-corrected chi connectivity index (χ0v) is 20.1. The van der Waals surface area contributed by atoms with E-state index in [2.05, 4.69) is 5.48 Å². The van der Waals surface area contributed by atoms with Gasteiger partial charge in [0.05, 0.1) is 17.3 Å². The van der Waals surface area contributed by atoms with Gasteiger partial charge in [0.2, 0.25) is 5.78 Å². The van der Waals surface area contributed by atoms with Crippen LogP contribution < -0.4 is 11.2 Å². The molecule has 4 atom stereocenters. The third-order valence-corrected chi connectivity index (χ3v) is 7.33. The van der Waals surface area contributed by atoms with E-state index in [1.165, 1.54) is 17.0 Å². The van der Waals surface area contributed by atoms with Gasteiger partial charge in [0, 0.05) is 18.0 Å². The van der Waals surface area contributed by atoms with Gasteiger partial charge in [-0.25, -0.2) is 8.78 Å². The van der Waals surface area contributed by atoms with Gasteiger partial charge >= 0.3 is 0 Å². The van der Waals surface area contributed by atoms with Crippen molar-refractivity contribution in [1.82, 2.24) is 10.4 Å². The third kappa shape index (κ3) is 4.07. The zero-order chi connectivity index (χ0) is 27.4. The maximum Gasteiger partial charge on any atom is 0.263 e. The van der Waals surface area contributed by atoms with Crippen LogP contribution >= 0.6 is 0 Å². The van der Waals surface area contributed by atoms with E-state index >= 15 is 0 Å². The number of carbonyl (C=O) groups excluding carboxylic acids is 2. The molecule has 13 heteroatoms. The summed E-state index contributed by atoms with van der Waals surface area (Å²) in [6, 6.07) is 1.75. The van der Waals surface area contributed by atoms with E-state index in [0.717, 1.165) is 0 Å². The number of aliphatic hydroxyl groups is 3. The van der Waals surface area contributed by atoms with Gasteiger partial charge in [-0.15, -0.1) is 0 Å². The van der Waals surface area contributed by atoms with Crippen molar-refractivity contribution >= 4 is 23.2 Å². The number of ketones is 1. The highest BCUT2D eigenvalue weighted by molar-refractivity contribution is 6.33. The number of alkyl halides is 2. The molecule has 1 fully saturated rings. The molecule has 8 N–H and O–H groups in total. The molecule has 0 heterocycles. The van der Waals surface area contributed by atoms with Crippen molar-refractivity contribution in [3.8, 4) is 5.75 Å². The lowest BCUT2D eigenvalue weighted by atomic mass is 9.56. The van der Waals surface area contributed by atoms with E-state index in [0.29, 0.717) is 11.1 Å². The van der Waals surface area contributed by atoms with Gasteiger partial charge in [-0.3, -0.25) is 19.3 Å². The zero-order valence-electron chi connectivity index (χ0n) is 20.1. The summed E-state index contributed by atoms with van der Waals surface area (Å²) in [6.07, 6.45) is -2.54. The normalized spacial score (nSPS) is 27.5. The van der Waals surface area contributed by atoms with Gasteiger partial charge < -0.3 is 31.6 Å². The first-order valence-electron chi connectivity index (χ1n) is 11.5. The largest absolute Gasteiger partial charge is 0.510 e. The van der Waals surface area contributed by atoms with Gasteiger partial charge in [-0.05, 0) is 50.0 Å². The van der Waals surface area contributed by atoms with Crippen LogP contribution in [0.2, 0.25) is 0 Å². The number of aliphatic hydroxyl groups excluding tert-OH is 2. The number of nitrogens with zero attached hydrogens (tertiary/aromatic N) is 1. The second kappa shape index (κ2) is 9.49. The number of hydrogen-bond acceptors (Lipinski definition) is 10. The summed E-state index contributed by atoms with van der Waals surface area (Å²) in [6.45, 7) is -0.877. The Morgan fingerprint density at radius 2 is 2.00 bits per heavy atom. The van der Waals surface area contributed by atoms with Crippen LogP contribution in [0.25, 0.3) is 5.76 Å². The number of nitrogens with one attached hydrogen (secondary N) is 2. The summed E-state index contributed by atoms with van der Waals surface area (Å²) >= 11 is 0. The maximum absolute atomic E-state index is 13.8. The lowest BCUT2D eigenvalue weighted by molar-refractivity contribution is -0.138. The predicted molar refractivity (Wildman–Crippen MR) is 126 cm³/mol. The molecular formula is C24H28F2N4O7. The quantitative estimate of drug-likeness (QED) is 0.200. The maximum atomic E-state index is 13.8. The summed E-state index contributed by atoms with van der Waals surface area (Å²) in [5, 5.41) is 52.6. The molecule has 1 aromatic carbocycles. The molecule has 0 aliphatic heterocycles. The number of aromatic hydroxyl groups is 1. The molecule has 0 spiro atoms. The smallest absolute Gasteiger partial charge is 0.263 e. The van der Waals surface area contributed by atoms with Crippen LogP contribution in [0.15, 0.2) is 29.0 Å². The second-order valence-corrected chi connectivity index (χ2v) is 9.63. The second-order valence-electron chi connectivity index (χ2n) is 9.63. The Morgan fingerprint density at radius 1 is 1.32 bits per heavy atom. The molecule has 4 rings (SSSR count). The molecule has 11 nitrogen and oxygen atoms in total. The summed E-state index contributed by atoms with van der Waals surface area (Å²) in [7, 11) is 3.14. The van der Waals surface area contributed by atoms with E-state index in [1.807, 2.05) is 0 Å². The van der Waals surface area contributed by atoms with E-state index in [4.69, 9.17) is 16.0 Å². The van der Waals surface area contributed by atoms with E-state index in [1.54, 1.807) is 14.1 Å². The fourth-order valence-corrected chi connectivity index (χ4v) is 5.78. The summed E-state index contributed by atoms with van der Waals surface area (Å²) in [5.74, 6) is -5.44. The average molecular weight is 523 g/mol. The molecule has 0 aromatic heterocycles. The van der Waals surface area contributed by atoms with Crippen molar-refractivity contribution in [3.05, 3.63) is 45.7 Å². The van der Waals surface area contributed by atoms with E-state index in [9.17, 15) is 38.8 Å². The van der Waals surface area contributed by atoms with E-state index < -0.39 is 71.0 Å². The molecule has 3 aliphatic carbocycles. The number of Topliss-reactive ketones (excluding diaryl/α,β-unsaturated/α-hetero) is 1. The van der Waals surface area contributed by atoms with Crippen molar-refractivity contribution in [3.63, 3.8) is 0 Å². The predicted octanol–water partition coefficient (Wildman–Crippen LogP) is 0.701. The van der Waals surface area contributed by atoms with Gasteiger partial charge in [0.15, 0.2) is 5.60 Å². The monoisotopic (exact) mass is 522 g/mol. The SMILES string of the molecule is CN(C)[C@H]1C(O)=C(C(N)=O)C(=N)[C@@]2(O)C(=O)C3=C(O)c4c(O)ccc(CNOCC(F)F)c4C[C@H]3C[C@@H]12. The van der Waals surface area contributed by atoms with Gasteiger partial charge in [0.25, 0.3) is 12.3 Å². The molecule has 1 saturated carbocycles. The number of phenols is 1. The fourth-order valence-electron chi connectivity index (χ4n) is 5.78. The lowest BCUT2D eigenvalue weighted by Crippen LogP contribution is -2.67. The van der Waals surface area contributed by atoms with E-state index in [-0.39, 0.29) is 36.3 Å². The molecule has 200 valence electrons. The summed E-state index contributed by atoms with van der Waals surface area (Å²) < 4.78 is 24.8. The number of nitrogens with two attached hydrogens (primary N) is 1. The first kappa shape index (κ1) is 26.7. The highest BCUT2D eigenvalue weighted by Crippen LogP contribution is 2.52. The minimum Gasteiger partial charge on any atom is -0.510 e. The summed E-state index contributed by atoms with van der Waals surface area (Å²) in [4.78, 5) is 32.1. The number of primary amides is 1. The molecule has 1 aromatic rings. The molecule has 0 unspecified atom stereocenters. The van der Waals surface area contributed by atoms with Gasteiger partial charge in [-0.1, -0.05) is 6.07 Å². The van der Waals surface area contributed by atoms with Crippen molar-refractivity contribution in [1.29, 1.82) is 5.41 Å². The number of fused-ring (bicyclic) bond motifs is 3. The number of likely N-dealkylation sites (N-methyl/N-ethyl adjacent to an activating group) is 1. The van der Waals surface area contributed by atoms with Crippen LogP contribution in [0.3, 0.4) is 0 Å².